The number of amides is 2. The number of hydrogen-bond acceptors (Lipinski definition) is 3. The second-order valence-corrected chi connectivity index (χ2v) is 6.08. The number of nitrogens with one attached hydrogen (secondary N) is 1. The Morgan fingerprint density at radius 1 is 1.14 bits per heavy atom. The smallest absolute Gasteiger partial charge is 0.336 e. The fourth-order valence-electron chi connectivity index (χ4n) is 1.90. The summed E-state index contributed by atoms with van der Waals surface area (Å²) in [5, 5.41) is 3.68. The number of urea groups is 1. The highest BCUT2D eigenvalue weighted by Gasteiger charge is 2.26. The number of halogens is 2. The van der Waals surface area contributed by atoms with E-state index < -0.39 is 0 Å². The van der Waals surface area contributed by atoms with Gasteiger partial charge in [-0.2, -0.15) is 0 Å². The van der Waals surface area contributed by atoms with Crippen molar-refractivity contribution in [3.8, 4) is 5.75 Å². The summed E-state index contributed by atoms with van der Waals surface area (Å²) in [5.41, 5.74) is 1.38. The molecule has 1 N–H and O–H groups in total. The van der Waals surface area contributed by atoms with Gasteiger partial charge in [-0.1, -0.05) is 23.2 Å². The minimum Gasteiger partial charge on any atom is -0.497 e. The van der Waals surface area contributed by atoms with Gasteiger partial charge in [-0.3, -0.25) is 0 Å². The molecule has 108 valence electrons. The molecule has 0 saturated carbocycles. The van der Waals surface area contributed by atoms with Crippen LogP contribution in [0.15, 0.2) is 41.3 Å². The van der Waals surface area contributed by atoms with Crippen LogP contribution in [-0.4, -0.2) is 13.1 Å². The summed E-state index contributed by atoms with van der Waals surface area (Å²) in [6.45, 7) is 0. The second-order valence-electron chi connectivity index (χ2n) is 4.28. The normalized spacial score (nSPS) is 13.7. The number of anilines is 2. The van der Waals surface area contributed by atoms with Gasteiger partial charge in [0.05, 0.1) is 33.4 Å². The van der Waals surface area contributed by atoms with E-state index >= 15 is 0 Å². The maximum absolute atomic E-state index is 12.2. The van der Waals surface area contributed by atoms with Crippen molar-refractivity contribution >= 4 is 52.6 Å². The molecule has 1 aliphatic heterocycles. The lowest BCUT2D eigenvalue weighted by molar-refractivity contribution is 0.260. The number of hydrogen-bond donors (Lipinski definition) is 1. The lowest BCUT2D eigenvalue weighted by atomic mass is 10.3. The molecule has 4 nitrogen and oxygen atoms in total. The molecular formula is C14H10Cl2N2O2S. The van der Waals surface area contributed by atoms with E-state index in [0.29, 0.717) is 21.5 Å². The highest BCUT2D eigenvalue weighted by molar-refractivity contribution is 8.01. The van der Waals surface area contributed by atoms with Gasteiger partial charge < -0.3 is 10.1 Å². The minimum atomic E-state index is -0.251. The zero-order valence-electron chi connectivity index (χ0n) is 10.9. The van der Waals surface area contributed by atoms with Gasteiger partial charge in [0.25, 0.3) is 0 Å². The highest BCUT2D eigenvalue weighted by atomic mass is 35.5. The first kappa shape index (κ1) is 14.4. The molecule has 1 aliphatic rings. The van der Waals surface area contributed by atoms with E-state index in [1.807, 2.05) is 12.1 Å². The maximum Gasteiger partial charge on any atom is 0.336 e. The second kappa shape index (κ2) is 5.67. The molecule has 0 radical (unpaired) electrons. The van der Waals surface area contributed by atoms with Crippen LogP contribution in [0.3, 0.4) is 0 Å². The third-order valence-electron chi connectivity index (χ3n) is 2.94. The molecule has 2 aromatic carbocycles. The van der Waals surface area contributed by atoms with Crippen molar-refractivity contribution < 1.29 is 9.53 Å². The van der Waals surface area contributed by atoms with Gasteiger partial charge in [0.1, 0.15) is 5.75 Å². The van der Waals surface area contributed by atoms with Crippen LogP contribution in [0.5, 0.6) is 5.75 Å². The van der Waals surface area contributed by atoms with Gasteiger partial charge in [-0.05, 0) is 42.3 Å². The predicted octanol–water partition coefficient (Wildman–Crippen LogP) is 5.06. The summed E-state index contributed by atoms with van der Waals surface area (Å²) in [4.78, 5) is 13.1. The van der Waals surface area contributed by atoms with Gasteiger partial charge in [0, 0.05) is 6.07 Å². The van der Waals surface area contributed by atoms with Crippen molar-refractivity contribution in [1.82, 2.24) is 0 Å². The van der Waals surface area contributed by atoms with E-state index in [9.17, 15) is 4.79 Å². The van der Waals surface area contributed by atoms with Gasteiger partial charge >= 0.3 is 6.03 Å². The minimum absolute atomic E-state index is 0.251. The molecule has 0 aromatic heterocycles. The average molecular weight is 341 g/mol. The van der Waals surface area contributed by atoms with Crippen LogP contribution in [0.2, 0.25) is 10.0 Å². The molecule has 0 spiro atoms. The van der Waals surface area contributed by atoms with Crippen LogP contribution in [0.1, 0.15) is 0 Å². The topological polar surface area (TPSA) is 41.6 Å². The van der Waals surface area contributed by atoms with Gasteiger partial charge in [0.15, 0.2) is 0 Å². The number of carbonyl (C=O) groups excluding carboxylic acids is 1. The zero-order chi connectivity index (χ0) is 15.0. The number of methoxy groups -OCH3 is 1. The Bertz CT molecular complexity index is 724. The van der Waals surface area contributed by atoms with Gasteiger partial charge in [0.2, 0.25) is 0 Å². The zero-order valence-corrected chi connectivity index (χ0v) is 13.2. The molecular weight excluding hydrogens is 331 g/mol. The molecule has 0 unspecified atom stereocenters. The van der Waals surface area contributed by atoms with E-state index in [0.717, 1.165) is 10.6 Å². The molecule has 0 aliphatic carbocycles. The fourth-order valence-corrected chi connectivity index (χ4v) is 3.07. The van der Waals surface area contributed by atoms with Gasteiger partial charge in [-0.15, -0.1) is 0 Å². The number of rotatable bonds is 2. The molecule has 1 heterocycles. The third kappa shape index (κ3) is 2.77. The predicted molar refractivity (Wildman–Crippen MR) is 86.8 cm³/mol. The van der Waals surface area contributed by atoms with Crippen LogP contribution >= 0.6 is 35.1 Å². The van der Waals surface area contributed by atoms with E-state index in [2.05, 4.69) is 5.32 Å². The molecule has 21 heavy (non-hydrogen) atoms. The van der Waals surface area contributed by atoms with Gasteiger partial charge in [-0.25, -0.2) is 9.10 Å². The SMILES string of the molecule is COc1ccc2c(c1)NC(=O)N(c1ccc(Cl)c(Cl)c1)S2. The molecule has 2 amide bonds. The first-order valence-electron chi connectivity index (χ1n) is 6.00. The highest BCUT2D eigenvalue weighted by Crippen LogP contribution is 2.41. The summed E-state index contributed by atoms with van der Waals surface area (Å²) in [7, 11) is 1.58. The Labute approximate surface area is 136 Å². The Morgan fingerprint density at radius 2 is 1.95 bits per heavy atom. The summed E-state index contributed by atoms with van der Waals surface area (Å²) in [5.74, 6) is 0.692. The van der Waals surface area contributed by atoms with E-state index in [1.165, 1.54) is 16.3 Å². The summed E-state index contributed by atoms with van der Waals surface area (Å²) in [6, 6.07) is 10.3. The summed E-state index contributed by atoms with van der Waals surface area (Å²) in [6.07, 6.45) is 0. The van der Waals surface area contributed by atoms with Crippen molar-refractivity contribution in [2.24, 2.45) is 0 Å². The van der Waals surface area contributed by atoms with Crippen LogP contribution in [-0.2, 0) is 0 Å². The number of fused-ring (bicyclic) bond motifs is 1. The van der Waals surface area contributed by atoms with Crippen molar-refractivity contribution in [1.29, 1.82) is 0 Å². The number of benzene rings is 2. The Hall–Kier alpha value is -1.56. The summed E-state index contributed by atoms with van der Waals surface area (Å²) < 4.78 is 6.67. The molecule has 0 atom stereocenters. The lowest BCUT2D eigenvalue weighted by Crippen LogP contribution is -2.32. The molecule has 2 aromatic rings. The lowest BCUT2D eigenvalue weighted by Gasteiger charge is -2.28. The van der Waals surface area contributed by atoms with E-state index in [-0.39, 0.29) is 6.03 Å². The number of nitrogens with zero attached hydrogens (tertiary/aromatic N) is 1. The van der Waals surface area contributed by atoms with Crippen molar-refractivity contribution in [3.05, 3.63) is 46.4 Å². The first-order chi connectivity index (χ1) is 10.1. The van der Waals surface area contributed by atoms with E-state index in [1.54, 1.807) is 31.4 Å². The molecule has 7 heteroatoms. The Balaban J connectivity index is 1.95. The Morgan fingerprint density at radius 3 is 2.67 bits per heavy atom. The molecule has 0 bridgehead atoms. The van der Waals surface area contributed by atoms with Crippen molar-refractivity contribution in [3.63, 3.8) is 0 Å². The van der Waals surface area contributed by atoms with E-state index in [4.69, 9.17) is 27.9 Å². The average Bonchev–Trinajstić information content (AvgIpc) is 2.49. The monoisotopic (exact) mass is 340 g/mol. The standard InChI is InChI=1S/C14H10Cl2N2O2S/c1-20-9-3-5-13-12(7-9)17-14(19)18(21-13)8-2-4-10(15)11(16)6-8/h2-7H,1H3,(H,17,19). The Kier molecular flexibility index (Phi) is 3.89. The maximum atomic E-state index is 12.2. The number of ether oxygens (including phenoxy) is 1. The number of carbonyl (C=O) groups is 1. The largest absolute Gasteiger partial charge is 0.497 e. The fraction of sp³-hybridized carbons (Fsp3) is 0.0714. The first-order valence-corrected chi connectivity index (χ1v) is 7.53. The van der Waals surface area contributed by atoms with Crippen LogP contribution in [0.25, 0.3) is 0 Å². The van der Waals surface area contributed by atoms with Crippen molar-refractivity contribution in [2.75, 3.05) is 16.7 Å². The van der Waals surface area contributed by atoms with Crippen LogP contribution in [0.4, 0.5) is 16.2 Å². The van der Waals surface area contributed by atoms with Crippen molar-refractivity contribution in [2.45, 2.75) is 4.90 Å². The quantitative estimate of drug-likeness (QED) is 0.776. The summed E-state index contributed by atoms with van der Waals surface area (Å²) >= 11 is 13.2. The molecule has 0 saturated heterocycles. The third-order valence-corrected chi connectivity index (χ3v) is 4.79. The van der Waals surface area contributed by atoms with Crippen LogP contribution in [0, 0.1) is 0 Å². The van der Waals surface area contributed by atoms with Crippen LogP contribution < -0.4 is 14.4 Å². The molecule has 3 rings (SSSR count). The molecule has 0 fully saturated rings.